The van der Waals surface area contributed by atoms with Gasteiger partial charge < -0.3 is 15.4 Å². The van der Waals surface area contributed by atoms with Crippen molar-refractivity contribution < 1.29 is 9.13 Å². The zero-order valence-electron chi connectivity index (χ0n) is 16.1. The van der Waals surface area contributed by atoms with E-state index >= 15 is 0 Å². The maximum absolute atomic E-state index is 12.9. The van der Waals surface area contributed by atoms with Crippen molar-refractivity contribution in [3.8, 4) is 5.75 Å². The minimum Gasteiger partial charge on any atom is -0.489 e. The molecular formula is C20H25FN6O. The summed E-state index contributed by atoms with van der Waals surface area (Å²) in [5, 5.41) is 14.9. The fraction of sp³-hybridized carbons (Fsp3) is 0.350. The van der Waals surface area contributed by atoms with Crippen LogP contribution in [0.15, 0.2) is 53.7 Å². The average Bonchev–Trinajstić information content (AvgIpc) is 3.12. The van der Waals surface area contributed by atoms with E-state index in [0.717, 1.165) is 30.9 Å². The summed E-state index contributed by atoms with van der Waals surface area (Å²) in [6.07, 6.45) is 3.60. The van der Waals surface area contributed by atoms with Crippen molar-refractivity contribution in [1.29, 1.82) is 0 Å². The SMILES string of the molecule is CN=C(NCCCc1nnc2ccccn12)NCC(C)Oc1ccc(F)cc1. The zero-order valence-corrected chi connectivity index (χ0v) is 16.1. The molecule has 1 atom stereocenters. The van der Waals surface area contributed by atoms with Crippen LogP contribution in [0.25, 0.3) is 5.65 Å². The largest absolute Gasteiger partial charge is 0.489 e. The molecule has 8 heteroatoms. The van der Waals surface area contributed by atoms with Crippen molar-refractivity contribution >= 4 is 11.6 Å². The molecule has 0 aliphatic carbocycles. The molecule has 1 unspecified atom stereocenters. The lowest BCUT2D eigenvalue weighted by atomic mass is 10.3. The number of rotatable bonds is 8. The third kappa shape index (κ3) is 5.42. The first-order chi connectivity index (χ1) is 13.7. The molecule has 0 aliphatic rings. The van der Waals surface area contributed by atoms with Gasteiger partial charge in [0.2, 0.25) is 0 Å². The maximum Gasteiger partial charge on any atom is 0.191 e. The van der Waals surface area contributed by atoms with Crippen LogP contribution in [0.5, 0.6) is 5.75 Å². The molecule has 0 bridgehead atoms. The topological polar surface area (TPSA) is 75.8 Å². The lowest BCUT2D eigenvalue weighted by Crippen LogP contribution is -2.42. The minimum atomic E-state index is -0.276. The van der Waals surface area contributed by atoms with Gasteiger partial charge in [0.05, 0.1) is 6.54 Å². The second-order valence-electron chi connectivity index (χ2n) is 6.41. The van der Waals surface area contributed by atoms with Crippen LogP contribution in [0.2, 0.25) is 0 Å². The Bertz CT molecular complexity index is 908. The quantitative estimate of drug-likeness (QED) is 0.354. The summed E-state index contributed by atoms with van der Waals surface area (Å²) in [4.78, 5) is 4.22. The Morgan fingerprint density at radius 3 is 2.79 bits per heavy atom. The molecule has 2 N–H and O–H groups in total. The van der Waals surface area contributed by atoms with Crippen molar-refractivity contribution in [2.75, 3.05) is 20.1 Å². The smallest absolute Gasteiger partial charge is 0.191 e. The summed E-state index contributed by atoms with van der Waals surface area (Å²) in [5.41, 5.74) is 0.859. The normalized spacial score (nSPS) is 12.8. The van der Waals surface area contributed by atoms with Crippen LogP contribution in [0.4, 0.5) is 4.39 Å². The van der Waals surface area contributed by atoms with Crippen LogP contribution < -0.4 is 15.4 Å². The van der Waals surface area contributed by atoms with Crippen LogP contribution in [-0.4, -0.2) is 46.8 Å². The number of benzene rings is 1. The first-order valence-electron chi connectivity index (χ1n) is 9.31. The van der Waals surface area contributed by atoms with E-state index in [1.807, 2.05) is 35.7 Å². The molecule has 148 valence electrons. The molecule has 3 rings (SSSR count). The molecule has 7 nitrogen and oxygen atoms in total. The number of hydrogen-bond donors (Lipinski definition) is 2. The van der Waals surface area contributed by atoms with Crippen molar-refractivity contribution in [3.63, 3.8) is 0 Å². The van der Waals surface area contributed by atoms with Gasteiger partial charge in [0.1, 0.15) is 23.5 Å². The number of nitrogens with zero attached hydrogens (tertiary/aromatic N) is 4. The van der Waals surface area contributed by atoms with Crippen LogP contribution in [0.3, 0.4) is 0 Å². The Hall–Kier alpha value is -3.16. The molecule has 0 fully saturated rings. The minimum absolute atomic E-state index is 0.0913. The van der Waals surface area contributed by atoms with E-state index in [0.29, 0.717) is 18.3 Å². The Balaban J connectivity index is 1.38. The fourth-order valence-corrected chi connectivity index (χ4v) is 2.76. The first kappa shape index (κ1) is 19.6. The van der Waals surface area contributed by atoms with Crippen molar-refractivity contribution in [2.45, 2.75) is 25.9 Å². The van der Waals surface area contributed by atoms with Gasteiger partial charge in [-0.05, 0) is 49.7 Å². The molecule has 0 spiro atoms. The second kappa shape index (κ2) is 9.68. The van der Waals surface area contributed by atoms with Crippen molar-refractivity contribution in [3.05, 3.63) is 60.3 Å². The third-order valence-electron chi connectivity index (χ3n) is 4.19. The van der Waals surface area contributed by atoms with Gasteiger partial charge in [-0.15, -0.1) is 10.2 Å². The first-order valence-corrected chi connectivity index (χ1v) is 9.31. The van der Waals surface area contributed by atoms with E-state index in [9.17, 15) is 4.39 Å². The van der Waals surface area contributed by atoms with Gasteiger partial charge >= 0.3 is 0 Å². The Kier molecular flexibility index (Phi) is 6.78. The molecule has 28 heavy (non-hydrogen) atoms. The number of aryl methyl sites for hydroxylation is 1. The molecule has 2 aromatic heterocycles. The predicted octanol–water partition coefficient (Wildman–Crippen LogP) is 2.43. The Labute approximate surface area is 163 Å². The molecule has 3 aromatic rings. The Morgan fingerprint density at radius 2 is 2.00 bits per heavy atom. The molecular weight excluding hydrogens is 359 g/mol. The Morgan fingerprint density at radius 1 is 1.18 bits per heavy atom. The van der Waals surface area contributed by atoms with Gasteiger partial charge in [-0.25, -0.2) is 4.39 Å². The van der Waals surface area contributed by atoms with E-state index in [1.54, 1.807) is 19.2 Å². The molecule has 0 radical (unpaired) electrons. The summed E-state index contributed by atoms with van der Waals surface area (Å²) in [6, 6.07) is 11.9. The number of aromatic nitrogens is 3. The predicted molar refractivity (Wildman–Crippen MR) is 107 cm³/mol. The van der Waals surface area contributed by atoms with Crippen LogP contribution in [0.1, 0.15) is 19.2 Å². The number of hydrogen-bond acceptors (Lipinski definition) is 4. The highest BCUT2D eigenvalue weighted by Crippen LogP contribution is 2.12. The highest BCUT2D eigenvalue weighted by Gasteiger charge is 2.07. The summed E-state index contributed by atoms with van der Waals surface area (Å²) < 4.78 is 20.7. The van der Waals surface area contributed by atoms with E-state index in [2.05, 4.69) is 25.8 Å². The van der Waals surface area contributed by atoms with Gasteiger partial charge in [0.15, 0.2) is 11.6 Å². The standard InChI is InChI=1S/C20H25FN6O/c1-15(28-17-10-8-16(21)9-11-17)14-24-20(22-2)23-12-5-7-19-26-25-18-6-3-4-13-27(18)19/h3-4,6,8-11,13,15H,5,7,12,14H2,1-2H3,(H2,22,23,24). The maximum atomic E-state index is 12.9. The van der Waals surface area contributed by atoms with E-state index < -0.39 is 0 Å². The van der Waals surface area contributed by atoms with Gasteiger partial charge in [-0.1, -0.05) is 6.07 Å². The van der Waals surface area contributed by atoms with Crippen molar-refractivity contribution in [2.24, 2.45) is 4.99 Å². The van der Waals surface area contributed by atoms with Gasteiger partial charge in [-0.2, -0.15) is 0 Å². The number of pyridine rings is 1. The van der Waals surface area contributed by atoms with Crippen molar-refractivity contribution in [1.82, 2.24) is 25.2 Å². The van der Waals surface area contributed by atoms with Crippen LogP contribution in [-0.2, 0) is 6.42 Å². The average molecular weight is 384 g/mol. The number of guanidine groups is 1. The summed E-state index contributed by atoms with van der Waals surface area (Å²) in [7, 11) is 1.73. The summed E-state index contributed by atoms with van der Waals surface area (Å²) >= 11 is 0. The highest BCUT2D eigenvalue weighted by molar-refractivity contribution is 5.79. The third-order valence-corrected chi connectivity index (χ3v) is 4.19. The second-order valence-corrected chi connectivity index (χ2v) is 6.41. The molecule has 0 saturated carbocycles. The van der Waals surface area contributed by atoms with E-state index in [1.165, 1.54) is 12.1 Å². The lowest BCUT2D eigenvalue weighted by molar-refractivity contribution is 0.223. The number of halogens is 1. The van der Waals surface area contributed by atoms with Gasteiger partial charge in [0.25, 0.3) is 0 Å². The molecule has 0 amide bonds. The van der Waals surface area contributed by atoms with Crippen LogP contribution >= 0.6 is 0 Å². The van der Waals surface area contributed by atoms with Gasteiger partial charge in [0, 0.05) is 26.2 Å². The highest BCUT2D eigenvalue weighted by atomic mass is 19.1. The monoisotopic (exact) mass is 384 g/mol. The number of ether oxygens (including phenoxy) is 1. The molecule has 0 aliphatic heterocycles. The molecule has 2 heterocycles. The molecule has 0 saturated heterocycles. The summed E-state index contributed by atoms with van der Waals surface area (Å²) in [6.45, 7) is 3.28. The number of nitrogens with one attached hydrogen (secondary N) is 2. The number of aliphatic imine (C=N–C) groups is 1. The van der Waals surface area contributed by atoms with Gasteiger partial charge in [-0.3, -0.25) is 9.39 Å². The molecule has 1 aromatic carbocycles. The summed E-state index contributed by atoms with van der Waals surface area (Å²) in [5.74, 6) is 2.02. The lowest BCUT2D eigenvalue weighted by Gasteiger charge is -2.17. The van der Waals surface area contributed by atoms with Crippen LogP contribution in [0, 0.1) is 5.82 Å². The zero-order chi connectivity index (χ0) is 19.8. The number of fused-ring (bicyclic) bond motifs is 1. The van der Waals surface area contributed by atoms with E-state index in [-0.39, 0.29) is 11.9 Å². The fourth-order valence-electron chi connectivity index (χ4n) is 2.76. The van der Waals surface area contributed by atoms with E-state index in [4.69, 9.17) is 4.74 Å².